The highest BCUT2D eigenvalue weighted by Crippen LogP contribution is 2.26. The highest BCUT2D eigenvalue weighted by molar-refractivity contribution is 5.83. The lowest BCUT2D eigenvalue weighted by atomic mass is 10.0. The van der Waals surface area contributed by atoms with Crippen LogP contribution in [-0.4, -0.2) is 12.1 Å². The van der Waals surface area contributed by atoms with Crippen LogP contribution in [0.4, 0.5) is 0 Å². The number of pyridine rings is 1. The van der Waals surface area contributed by atoms with Crippen LogP contribution in [0.2, 0.25) is 0 Å². The number of benzene rings is 2. The summed E-state index contributed by atoms with van der Waals surface area (Å²) in [5, 5.41) is 1.18. The van der Waals surface area contributed by atoms with Crippen LogP contribution in [0.5, 0.6) is 5.75 Å². The fraction of sp³-hybridized carbons (Fsp3) is 0.118. The second-order valence-corrected chi connectivity index (χ2v) is 4.58. The molecule has 2 heteroatoms. The minimum Gasteiger partial charge on any atom is -0.497 e. The van der Waals surface area contributed by atoms with Crippen molar-refractivity contribution in [2.75, 3.05) is 7.11 Å². The molecule has 0 spiro atoms. The van der Waals surface area contributed by atoms with Crippen molar-refractivity contribution in [1.82, 2.24) is 4.98 Å². The number of para-hydroxylation sites is 1. The highest BCUT2D eigenvalue weighted by Gasteiger charge is 2.06. The molecular formula is C17H15NO. The summed E-state index contributed by atoms with van der Waals surface area (Å²) < 4.78 is 5.19. The molecule has 2 nitrogen and oxygen atoms in total. The third-order valence-electron chi connectivity index (χ3n) is 3.28. The van der Waals surface area contributed by atoms with Gasteiger partial charge in [0.25, 0.3) is 0 Å². The van der Waals surface area contributed by atoms with Crippen molar-refractivity contribution in [2.45, 2.75) is 6.92 Å². The predicted octanol–water partition coefficient (Wildman–Crippen LogP) is 4.22. The summed E-state index contributed by atoms with van der Waals surface area (Å²) in [6.07, 6.45) is 0. The van der Waals surface area contributed by atoms with E-state index < -0.39 is 0 Å². The van der Waals surface area contributed by atoms with Gasteiger partial charge in [-0.15, -0.1) is 0 Å². The molecule has 0 N–H and O–H groups in total. The average molecular weight is 249 g/mol. The van der Waals surface area contributed by atoms with Crippen molar-refractivity contribution in [3.63, 3.8) is 0 Å². The van der Waals surface area contributed by atoms with Crippen molar-refractivity contribution < 1.29 is 4.74 Å². The van der Waals surface area contributed by atoms with Crippen LogP contribution in [0.3, 0.4) is 0 Å². The maximum atomic E-state index is 5.19. The quantitative estimate of drug-likeness (QED) is 0.678. The molecule has 0 saturated carbocycles. The molecule has 3 rings (SSSR count). The van der Waals surface area contributed by atoms with Gasteiger partial charge in [0.05, 0.1) is 18.3 Å². The normalized spacial score (nSPS) is 10.6. The zero-order valence-electron chi connectivity index (χ0n) is 11.1. The van der Waals surface area contributed by atoms with Crippen molar-refractivity contribution in [3.05, 3.63) is 60.2 Å². The van der Waals surface area contributed by atoms with Gasteiger partial charge in [-0.1, -0.05) is 18.2 Å². The molecule has 0 amide bonds. The van der Waals surface area contributed by atoms with Gasteiger partial charge in [-0.05, 0) is 48.9 Å². The zero-order valence-corrected chi connectivity index (χ0v) is 11.1. The summed E-state index contributed by atoms with van der Waals surface area (Å²) in [7, 11) is 1.68. The number of rotatable bonds is 2. The van der Waals surface area contributed by atoms with E-state index in [9.17, 15) is 0 Å². The molecule has 0 saturated heterocycles. The standard InChI is InChI=1S/C17H15NO/c1-12-11-14-5-3-4-6-16(14)18-17(12)13-7-9-15(19-2)10-8-13/h3-11H,1-2H3. The molecule has 0 aliphatic carbocycles. The summed E-state index contributed by atoms with van der Waals surface area (Å²) in [5.41, 5.74) is 4.35. The number of aryl methyl sites for hydroxylation is 1. The van der Waals surface area contributed by atoms with Gasteiger partial charge in [-0.2, -0.15) is 0 Å². The lowest BCUT2D eigenvalue weighted by Gasteiger charge is -2.08. The minimum atomic E-state index is 0.863. The largest absolute Gasteiger partial charge is 0.497 e. The Kier molecular flexibility index (Phi) is 2.92. The third-order valence-corrected chi connectivity index (χ3v) is 3.28. The number of ether oxygens (including phenoxy) is 1. The topological polar surface area (TPSA) is 22.1 Å². The van der Waals surface area contributed by atoms with Gasteiger partial charge >= 0.3 is 0 Å². The Morgan fingerprint density at radius 1 is 0.947 bits per heavy atom. The summed E-state index contributed by atoms with van der Waals surface area (Å²) >= 11 is 0. The van der Waals surface area contributed by atoms with E-state index in [0.717, 1.165) is 22.5 Å². The van der Waals surface area contributed by atoms with Gasteiger partial charge in [0.15, 0.2) is 0 Å². The van der Waals surface area contributed by atoms with Crippen LogP contribution in [-0.2, 0) is 0 Å². The minimum absolute atomic E-state index is 0.863. The molecule has 0 fully saturated rings. The van der Waals surface area contributed by atoms with Gasteiger partial charge in [0.1, 0.15) is 5.75 Å². The summed E-state index contributed by atoms with van der Waals surface area (Å²) in [6.45, 7) is 2.10. The van der Waals surface area contributed by atoms with Crippen molar-refractivity contribution >= 4 is 10.9 Å². The van der Waals surface area contributed by atoms with Crippen LogP contribution in [0.1, 0.15) is 5.56 Å². The van der Waals surface area contributed by atoms with E-state index in [-0.39, 0.29) is 0 Å². The Labute approximate surface area is 112 Å². The molecule has 0 unspecified atom stereocenters. The first-order chi connectivity index (χ1) is 9.28. The number of aromatic nitrogens is 1. The Balaban J connectivity index is 2.15. The number of hydrogen-bond donors (Lipinski definition) is 0. The van der Waals surface area contributed by atoms with E-state index in [2.05, 4.69) is 19.1 Å². The number of methoxy groups -OCH3 is 1. The Morgan fingerprint density at radius 3 is 2.42 bits per heavy atom. The molecule has 94 valence electrons. The first-order valence-corrected chi connectivity index (χ1v) is 6.29. The third kappa shape index (κ3) is 2.17. The smallest absolute Gasteiger partial charge is 0.118 e. The van der Waals surface area contributed by atoms with Crippen LogP contribution in [0.15, 0.2) is 54.6 Å². The van der Waals surface area contributed by atoms with E-state index in [1.807, 2.05) is 42.5 Å². The van der Waals surface area contributed by atoms with E-state index in [1.54, 1.807) is 7.11 Å². The molecule has 1 aromatic heterocycles. The van der Waals surface area contributed by atoms with Crippen molar-refractivity contribution in [2.24, 2.45) is 0 Å². The van der Waals surface area contributed by atoms with Gasteiger partial charge in [0, 0.05) is 10.9 Å². The number of fused-ring (bicyclic) bond motifs is 1. The molecule has 0 atom stereocenters. The maximum absolute atomic E-state index is 5.19. The average Bonchev–Trinajstić information content (AvgIpc) is 2.47. The Morgan fingerprint density at radius 2 is 1.68 bits per heavy atom. The lowest BCUT2D eigenvalue weighted by Crippen LogP contribution is -1.90. The number of hydrogen-bond acceptors (Lipinski definition) is 2. The Hall–Kier alpha value is -2.35. The number of nitrogens with zero attached hydrogens (tertiary/aromatic N) is 1. The molecule has 19 heavy (non-hydrogen) atoms. The van der Waals surface area contributed by atoms with Crippen molar-refractivity contribution in [3.8, 4) is 17.0 Å². The highest BCUT2D eigenvalue weighted by atomic mass is 16.5. The second-order valence-electron chi connectivity index (χ2n) is 4.58. The van der Waals surface area contributed by atoms with Crippen molar-refractivity contribution in [1.29, 1.82) is 0 Å². The molecule has 0 aliphatic heterocycles. The monoisotopic (exact) mass is 249 g/mol. The van der Waals surface area contributed by atoms with Gasteiger partial charge in [-0.3, -0.25) is 0 Å². The van der Waals surface area contributed by atoms with Gasteiger partial charge < -0.3 is 4.74 Å². The zero-order chi connectivity index (χ0) is 13.2. The molecule has 1 heterocycles. The summed E-state index contributed by atoms with van der Waals surface area (Å²) in [5.74, 6) is 0.863. The van der Waals surface area contributed by atoms with E-state index in [1.165, 1.54) is 10.9 Å². The van der Waals surface area contributed by atoms with Crippen LogP contribution in [0, 0.1) is 6.92 Å². The first kappa shape index (κ1) is 11.7. The maximum Gasteiger partial charge on any atom is 0.118 e. The molecular weight excluding hydrogens is 234 g/mol. The lowest BCUT2D eigenvalue weighted by molar-refractivity contribution is 0.415. The summed E-state index contributed by atoms with van der Waals surface area (Å²) in [6, 6.07) is 18.4. The predicted molar refractivity (Wildman–Crippen MR) is 78.5 cm³/mol. The molecule has 0 radical (unpaired) electrons. The summed E-state index contributed by atoms with van der Waals surface area (Å²) in [4.78, 5) is 4.76. The SMILES string of the molecule is COc1ccc(-c2nc3ccccc3cc2C)cc1. The molecule has 3 aromatic rings. The molecule has 0 bridgehead atoms. The van der Waals surface area contributed by atoms with Gasteiger partial charge in [-0.25, -0.2) is 4.98 Å². The van der Waals surface area contributed by atoms with E-state index >= 15 is 0 Å². The fourth-order valence-electron chi connectivity index (χ4n) is 2.26. The van der Waals surface area contributed by atoms with Crippen LogP contribution >= 0.6 is 0 Å². The van der Waals surface area contributed by atoms with Crippen LogP contribution in [0.25, 0.3) is 22.2 Å². The fourth-order valence-corrected chi connectivity index (χ4v) is 2.26. The van der Waals surface area contributed by atoms with E-state index in [4.69, 9.17) is 9.72 Å². The van der Waals surface area contributed by atoms with E-state index in [0.29, 0.717) is 0 Å². The van der Waals surface area contributed by atoms with Crippen LogP contribution < -0.4 is 4.74 Å². The Bertz CT molecular complexity index is 717. The second kappa shape index (κ2) is 4.73. The molecule has 2 aromatic carbocycles. The first-order valence-electron chi connectivity index (χ1n) is 6.29. The van der Waals surface area contributed by atoms with Gasteiger partial charge in [0.2, 0.25) is 0 Å². The molecule has 0 aliphatic rings.